The van der Waals surface area contributed by atoms with Gasteiger partial charge in [0, 0.05) is 16.1 Å². The summed E-state index contributed by atoms with van der Waals surface area (Å²) in [6, 6.07) is 0. The van der Waals surface area contributed by atoms with Crippen molar-refractivity contribution in [3.63, 3.8) is 0 Å². The van der Waals surface area contributed by atoms with Gasteiger partial charge in [0.15, 0.2) is 0 Å². The average Bonchev–Trinajstić information content (AvgIpc) is 3.01. The first-order valence-corrected chi connectivity index (χ1v) is 7.41. The highest BCUT2D eigenvalue weighted by Gasteiger charge is 2.32. The second-order valence-electron chi connectivity index (χ2n) is 5.18. The van der Waals surface area contributed by atoms with Gasteiger partial charge in [-0.3, -0.25) is 0 Å². The molecule has 0 N–H and O–H groups in total. The van der Waals surface area contributed by atoms with Crippen LogP contribution in [0, 0.1) is 5.92 Å². The van der Waals surface area contributed by atoms with Gasteiger partial charge in [-0.25, -0.2) is 0 Å². The molecule has 0 amide bonds. The largest absolute Gasteiger partial charge is 0.117 e. The summed E-state index contributed by atoms with van der Waals surface area (Å²) >= 11 is 2.03. The zero-order chi connectivity index (χ0) is 12.5. The van der Waals surface area contributed by atoms with E-state index in [-0.39, 0.29) is 0 Å². The molecule has 0 fully saturated rings. The van der Waals surface area contributed by atoms with Crippen LogP contribution < -0.4 is 0 Å². The molecule has 0 aromatic rings. The van der Waals surface area contributed by atoms with Gasteiger partial charge in [0.25, 0.3) is 0 Å². The molecule has 0 aromatic heterocycles. The summed E-state index contributed by atoms with van der Waals surface area (Å²) in [6.07, 6.45) is 19.2. The fraction of sp³-hybridized carbons (Fsp3) is 0.294. The highest BCUT2D eigenvalue weighted by atomic mass is 32.2. The normalized spacial score (nSPS) is 25.0. The van der Waals surface area contributed by atoms with E-state index >= 15 is 0 Å². The summed E-state index contributed by atoms with van der Waals surface area (Å²) < 4.78 is 0. The molecule has 3 rings (SSSR count). The van der Waals surface area contributed by atoms with Crippen LogP contribution in [-0.2, 0) is 0 Å². The van der Waals surface area contributed by atoms with Crippen LogP contribution in [0.15, 0.2) is 70.2 Å². The Morgan fingerprint density at radius 1 is 1.22 bits per heavy atom. The molecule has 0 aromatic carbocycles. The van der Waals surface area contributed by atoms with Crippen molar-refractivity contribution in [3.8, 4) is 0 Å². The predicted octanol–water partition coefficient (Wildman–Crippen LogP) is 4.95. The van der Waals surface area contributed by atoms with Crippen LogP contribution in [0.2, 0.25) is 0 Å². The molecule has 1 atom stereocenters. The van der Waals surface area contributed by atoms with Crippen LogP contribution in [0.25, 0.3) is 0 Å². The van der Waals surface area contributed by atoms with Crippen molar-refractivity contribution in [1.29, 1.82) is 0 Å². The molecule has 2 aliphatic carbocycles. The van der Waals surface area contributed by atoms with E-state index in [0.717, 1.165) is 6.42 Å². The van der Waals surface area contributed by atoms with Gasteiger partial charge in [-0.15, -0.1) is 11.8 Å². The summed E-state index contributed by atoms with van der Waals surface area (Å²) in [5, 5.41) is 0.614. The molecule has 0 radical (unpaired) electrons. The van der Waals surface area contributed by atoms with Crippen molar-refractivity contribution in [2.24, 2.45) is 5.92 Å². The highest BCUT2D eigenvalue weighted by molar-refractivity contribution is 8.04. The van der Waals surface area contributed by atoms with Crippen molar-refractivity contribution in [1.82, 2.24) is 0 Å². The Hall–Kier alpha value is -1.21. The second kappa shape index (κ2) is 4.81. The molecule has 1 heterocycles. The van der Waals surface area contributed by atoms with Crippen molar-refractivity contribution in [2.45, 2.75) is 25.5 Å². The second-order valence-corrected chi connectivity index (χ2v) is 6.42. The zero-order valence-corrected chi connectivity index (χ0v) is 11.7. The molecule has 0 saturated carbocycles. The van der Waals surface area contributed by atoms with E-state index in [2.05, 4.69) is 62.5 Å². The third-order valence-electron chi connectivity index (χ3n) is 3.55. The summed E-state index contributed by atoms with van der Waals surface area (Å²) in [4.78, 5) is 1.46. The summed E-state index contributed by atoms with van der Waals surface area (Å²) in [7, 11) is 0. The van der Waals surface area contributed by atoms with E-state index in [4.69, 9.17) is 0 Å². The van der Waals surface area contributed by atoms with Gasteiger partial charge < -0.3 is 0 Å². The molecule has 0 spiro atoms. The van der Waals surface area contributed by atoms with Crippen LogP contribution in [0.1, 0.15) is 20.3 Å². The Kier molecular flexibility index (Phi) is 3.17. The lowest BCUT2D eigenvalue weighted by molar-refractivity contribution is 0.864. The van der Waals surface area contributed by atoms with Gasteiger partial charge in [-0.1, -0.05) is 48.1 Å². The fourth-order valence-corrected chi connectivity index (χ4v) is 4.07. The Bertz CT molecular complexity index is 522. The Morgan fingerprint density at radius 3 is 2.72 bits per heavy atom. The maximum Gasteiger partial charge on any atom is 0.0356 e. The van der Waals surface area contributed by atoms with Crippen molar-refractivity contribution >= 4 is 11.8 Å². The van der Waals surface area contributed by atoms with Gasteiger partial charge in [0.2, 0.25) is 0 Å². The molecular weight excluding hydrogens is 236 g/mol. The van der Waals surface area contributed by atoms with Crippen LogP contribution in [0.5, 0.6) is 0 Å². The first-order valence-electron chi connectivity index (χ1n) is 6.53. The molecule has 0 saturated heterocycles. The first-order chi connectivity index (χ1) is 8.75. The van der Waals surface area contributed by atoms with Gasteiger partial charge >= 0.3 is 0 Å². The predicted molar refractivity (Wildman–Crippen MR) is 81.4 cm³/mol. The van der Waals surface area contributed by atoms with Crippen molar-refractivity contribution in [2.75, 3.05) is 0 Å². The minimum atomic E-state index is 0.511. The van der Waals surface area contributed by atoms with Crippen LogP contribution in [-0.4, -0.2) is 5.25 Å². The van der Waals surface area contributed by atoms with Crippen LogP contribution in [0.3, 0.4) is 0 Å². The molecule has 0 bridgehead atoms. The van der Waals surface area contributed by atoms with E-state index in [0.29, 0.717) is 11.2 Å². The molecule has 18 heavy (non-hydrogen) atoms. The molecule has 1 heteroatoms. The molecule has 1 aliphatic heterocycles. The average molecular weight is 254 g/mol. The fourth-order valence-electron chi connectivity index (χ4n) is 2.69. The lowest BCUT2D eigenvalue weighted by Crippen LogP contribution is -2.09. The maximum absolute atomic E-state index is 2.37. The number of hydrogen-bond acceptors (Lipinski definition) is 1. The van der Waals surface area contributed by atoms with Crippen molar-refractivity contribution in [3.05, 3.63) is 70.2 Å². The van der Waals surface area contributed by atoms with Crippen LogP contribution >= 0.6 is 11.8 Å². The van der Waals surface area contributed by atoms with Gasteiger partial charge in [-0.2, -0.15) is 0 Å². The third kappa shape index (κ3) is 2.08. The van der Waals surface area contributed by atoms with E-state index in [1.165, 1.54) is 16.1 Å². The number of hydrogen-bond donors (Lipinski definition) is 0. The molecule has 1 unspecified atom stereocenters. The smallest absolute Gasteiger partial charge is 0.0356 e. The summed E-state index contributed by atoms with van der Waals surface area (Å²) in [6.45, 7) is 4.36. The Labute approximate surface area is 114 Å². The van der Waals surface area contributed by atoms with Gasteiger partial charge in [-0.05, 0) is 37.5 Å². The molecule has 0 nitrogen and oxygen atoms in total. The quantitative estimate of drug-likeness (QED) is 0.642. The Morgan fingerprint density at radius 2 is 2.00 bits per heavy atom. The molecule has 92 valence electrons. The number of thioether (sulfide) groups is 1. The SMILES string of the molecule is CC(C)=CCC1SC2=CC=CC2=C1C1C=CC=C1. The molecular formula is C17H18S. The van der Waals surface area contributed by atoms with E-state index in [9.17, 15) is 0 Å². The lowest BCUT2D eigenvalue weighted by Gasteiger charge is -2.16. The highest BCUT2D eigenvalue weighted by Crippen LogP contribution is 2.50. The number of rotatable bonds is 3. The van der Waals surface area contributed by atoms with Crippen molar-refractivity contribution < 1.29 is 0 Å². The van der Waals surface area contributed by atoms with E-state index in [1.807, 2.05) is 11.8 Å². The topological polar surface area (TPSA) is 0 Å². The van der Waals surface area contributed by atoms with E-state index in [1.54, 1.807) is 5.57 Å². The first kappa shape index (κ1) is 11.9. The van der Waals surface area contributed by atoms with Gasteiger partial charge in [0.1, 0.15) is 0 Å². The third-order valence-corrected chi connectivity index (χ3v) is 4.89. The zero-order valence-electron chi connectivity index (χ0n) is 10.9. The standard InChI is InChI=1S/C17H18S/c1-12(2)10-11-16-17(13-6-3-4-7-13)14-8-5-9-15(14)18-16/h3-10,13,16H,11H2,1-2H3. The monoisotopic (exact) mass is 254 g/mol. The maximum atomic E-state index is 2.37. The minimum absolute atomic E-state index is 0.511. The Balaban J connectivity index is 1.92. The summed E-state index contributed by atoms with van der Waals surface area (Å²) in [5.41, 5.74) is 4.50. The summed E-state index contributed by atoms with van der Waals surface area (Å²) in [5.74, 6) is 0.511. The lowest BCUT2D eigenvalue weighted by atomic mass is 9.91. The number of fused-ring (bicyclic) bond motifs is 1. The van der Waals surface area contributed by atoms with E-state index < -0.39 is 0 Å². The minimum Gasteiger partial charge on any atom is -0.117 e. The van der Waals surface area contributed by atoms with Crippen LogP contribution in [0.4, 0.5) is 0 Å². The van der Waals surface area contributed by atoms with Gasteiger partial charge in [0.05, 0.1) is 0 Å². The molecule has 3 aliphatic rings. The number of allylic oxidation sites excluding steroid dienone is 10.